The second-order valence-corrected chi connectivity index (χ2v) is 6.71. The Morgan fingerprint density at radius 1 is 1.08 bits per heavy atom. The number of alkyl carbamates (subject to hydrolysis) is 1. The molecule has 0 aromatic heterocycles. The van der Waals surface area contributed by atoms with E-state index in [1.165, 1.54) is 5.56 Å². The van der Waals surface area contributed by atoms with Crippen LogP contribution < -0.4 is 16.0 Å². The highest BCUT2D eigenvalue weighted by Crippen LogP contribution is 2.06. The number of hydrogen-bond acceptors (Lipinski definition) is 3. The number of ether oxygens (including phenoxy) is 1. The van der Waals surface area contributed by atoms with Crippen LogP contribution in [-0.2, 0) is 11.2 Å². The molecule has 3 N–H and O–H groups in total. The van der Waals surface area contributed by atoms with Crippen LogP contribution in [0, 0.1) is 0 Å². The number of carbonyl (C=O) groups excluding carboxylic acids is 1. The molecule has 0 radical (unpaired) electrons. The molecule has 1 amide bonds. The quantitative estimate of drug-likeness (QED) is 0.233. The van der Waals surface area contributed by atoms with Crippen molar-refractivity contribution in [1.29, 1.82) is 0 Å². The molecule has 1 aromatic rings. The Hall–Kier alpha value is -1.51. The number of amides is 1. The van der Waals surface area contributed by atoms with Gasteiger partial charge in [-0.1, -0.05) is 30.3 Å². The van der Waals surface area contributed by atoms with E-state index in [0.717, 1.165) is 31.9 Å². The molecule has 0 saturated carbocycles. The van der Waals surface area contributed by atoms with Crippen molar-refractivity contribution in [3.05, 3.63) is 35.9 Å². The second-order valence-electron chi connectivity index (χ2n) is 6.71. The highest BCUT2D eigenvalue weighted by atomic mass is 127. The standard InChI is InChI=1S/C19H32N4O2.HI/c1-5-20-17(22-15-12-16-10-7-6-8-11-16)21-13-9-14-23-18(24)25-19(2,3)4;/h6-8,10-11H,5,9,12-15H2,1-4H3,(H,23,24)(H2,20,21,22);1H. The van der Waals surface area contributed by atoms with Crippen LogP contribution in [0.4, 0.5) is 4.79 Å². The van der Waals surface area contributed by atoms with Gasteiger partial charge in [0.15, 0.2) is 5.96 Å². The van der Waals surface area contributed by atoms with E-state index < -0.39 is 5.60 Å². The number of benzene rings is 1. The molecule has 0 spiro atoms. The van der Waals surface area contributed by atoms with Crippen LogP contribution in [0.2, 0.25) is 0 Å². The van der Waals surface area contributed by atoms with Gasteiger partial charge in [0.1, 0.15) is 5.60 Å². The Kier molecular flexibility index (Phi) is 12.9. The van der Waals surface area contributed by atoms with Crippen LogP contribution in [0.15, 0.2) is 35.3 Å². The van der Waals surface area contributed by atoms with E-state index in [0.29, 0.717) is 13.1 Å². The van der Waals surface area contributed by atoms with Crippen molar-refractivity contribution in [2.45, 2.75) is 46.1 Å². The molecule has 0 aliphatic rings. The molecular weight excluding hydrogens is 443 g/mol. The van der Waals surface area contributed by atoms with Gasteiger partial charge in [0, 0.05) is 26.2 Å². The second kappa shape index (κ2) is 13.7. The Bertz CT molecular complexity index is 530. The minimum absolute atomic E-state index is 0. The molecule has 0 fully saturated rings. The van der Waals surface area contributed by atoms with Crippen molar-refractivity contribution in [2.24, 2.45) is 4.99 Å². The molecule has 6 nitrogen and oxygen atoms in total. The normalized spacial score (nSPS) is 11.3. The van der Waals surface area contributed by atoms with Gasteiger partial charge in [-0.3, -0.25) is 4.99 Å². The van der Waals surface area contributed by atoms with E-state index in [4.69, 9.17) is 4.74 Å². The van der Waals surface area contributed by atoms with Gasteiger partial charge in [-0.25, -0.2) is 4.79 Å². The Morgan fingerprint density at radius 2 is 1.77 bits per heavy atom. The van der Waals surface area contributed by atoms with E-state index >= 15 is 0 Å². The zero-order chi connectivity index (χ0) is 18.5. The fourth-order valence-electron chi connectivity index (χ4n) is 2.09. The third-order valence-electron chi connectivity index (χ3n) is 3.17. The Labute approximate surface area is 174 Å². The number of hydrogen-bond donors (Lipinski definition) is 3. The first-order chi connectivity index (χ1) is 11.9. The summed E-state index contributed by atoms with van der Waals surface area (Å²) in [5.41, 5.74) is 0.829. The van der Waals surface area contributed by atoms with Gasteiger partial charge in [-0.05, 0) is 46.1 Å². The largest absolute Gasteiger partial charge is 0.444 e. The van der Waals surface area contributed by atoms with E-state index in [1.54, 1.807) is 0 Å². The molecule has 0 saturated heterocycles. The van der Waals surface area contributed by atoms with Crippen LogP contribution in [0.3, 0.4) is 0 Å². The van der Waals surface area contributed by atoms with Crippen molar-refractivity contribution in [3.63, 3.8) is 0 Å². The van der Waals surface area contributed by atoms with Gasteiger partial charge in [0.05, 0.1) is 0 Å². The number of guanidine groups is 1. The Morgan fingerprint density at radius 3 is 2.38 bits per heavy atom. The average molecular weight is 476 g/mol. The molecule has 0 atom stereocenters. The maximum absolute atomic E-state index is 11.5. The maximum Gasteiger partial charge on any atom is 0.407 e. The molecule has 0 bridgehead atoms. The van der Waals surface area contributed by atoms with E-state index in [2.05, 4.69) is 33.1 Å². The van der Waals surface area contributed by atoms with Crippen LogP contribution >= 0.6 is 24.0 Å². The summed E-state index contributed by atoms with van der Waals surface area (Å²) in [6.45, 7) is 10.4. The lowest BCUT2D eigenvalue weighted by atomic mass is 10.1. The molecule has 0 unspecified atom stereocenters. The molecule has 0 aliphatic carbocycles. The van der Waals surface area contributed by atoms with Gasteiger partial charge in [0.25, 0.3) is 0 Å². The molecule has 148 valence electrons. The molecular formula is C19H33IN4O2. The third-order valence-corrected chi connectivity index (χ3v) is 3.17. The molecule has 1 rings (SSSR count). The molecule has 0 heterocycles. The average Bonchev–Trinajstić information content (AvgIpc) is 2.54. The predicted octanol–water partition coefficient (Wildman–Crippen LogP) is 3.32. The molecule has 1 aromatic carbocycles. The lowest BCUT2D eigenvalue weighted by molar-refractivity contribution is 0.0527. The molecule has 26 heavy (non-hydrogen) atoms. The lowest BCUT2D eigenvalue weighted by Gasteiger charge is -2.19. The first-order valence-corrected chi connectivity index (χ1v) is 8.93. The highest BCUT2D eigenvalue weighted by Gasteiger charge is 2.15. The van der Waals surface area contributed by atoms with Crippen molar-refractivity contribution in [2.75, 3.05) is 26.2 Å². The fourth-order valence-corrected chi connectivity index (χ4v) is 2.09. The summed E-state index contributed by atoms with van der Waals surface area (Å²) in [5, 5.41) is 9.29. The highest BCUT2D eigenvalue weighted by molar-refractivity contribution is 14.0. The molecule has 0 aliphatic heterocycles. The van der Waals surface area contributed by atoms with Gasteiger partial charge < -0.3 is 20.7 Å². The zero-order valence-electron chi connectivity index (χ0n) is 16.3. The summed E-state index contributed by atoms with van der Waals surface area (Å²) < 4.78 is 5.19. The van der Waals surface area contributed by atoms with Crippen molar-refractivity contribution >= 4 is 36.0 Å². The monoisotopic (exact) mass is 476 g/mol. The minimum Gasteiger partial charge on any atom is -0.444 e. The Balaban J connectivity index is 0.00000625. The zero-order valence-corrected chi connectivity index (χ0v) is 18.6. The first-order valence-electron chi connectivity index (χ1n) is 8.93. The minimum atomic E-state index is -0.469. The van der Waals surface area contributed by atoms with Gasteiger partial charge in [-0.15, -0.1) is 24.0 Å². The summed E-state index contributed by atoms with van der Waals surface area (Å²) in [6, 6.07) is 10.4. The molecule has 7 heteroatoms. The fraction of sp³-hybridized carbons (Fsp3) is 0.579. The van der Waals surface area contributed by atoms with Gasteiger partial charge >= 0.3 is 6.09 Å². The first kappa shape index (κ1) is 24.5. The van der Waals surface area contributed by atoms with Crippen LogP contribution in [0.5, 0.6) is 0 Å². The van der Waals surface area contributed by atoms with Crippen LogP contribution in [0.25, 0.3) is 0 Å². The number of rotatable bonds is 8. The van der Waals surface area contributed by atoms with Crippen LogP contribution in [-0.4, -0.2) is 43.8 Å². The van der Waals surface area contributed by atoms with Crippen molar-refractivity contribution < 1.29 is 9.53 Å². The summed E-state index contributed by atoms with van der Waals surface area (Å²) >= 11 is 0. The summed E-state index contributed by atoms with van der Waals surface area (Å²) in [7, 11) is 0. The number of nitrogens with one attached hydrogen (secondary N) is 3. The topological polar surface area (TPSA) is 74.8 Å². The number of carbonyl (C=O) groups is 1. The predicted molar refractivity (Wildman–Crippen MR) is 118 cm³/mol. The van der Waals surface area contributed by atoms with E-state index in [-0.39, 0.29) is 30.1 Å². The van der Waals surface area contributed by atoms with E-state index in [9.17, 15) is 4.79 Å². The summed E-state index contributed by atoms with van der Waals surface area (Å²) in [6.07, 6.45) is 1.32. The summed E-state index contributed by atoms with van der Waals surface area (Å²) in [4.78, 5) is 16.1. The number of halogens is 1. The maximum atomic E-state index is 11.5. The number of nitrogens with zero attached hydrogens (tertiary/aromatic N) is 1. The van der Waals surface area contributed by atoms with E-state index in [1.807, 2.05) is 45.9 Å². The van der Waals surface area contributed by atoms with Gasteiger partial charge in [-0.2, -0.15) is 0 Å². The van der Waals surface area contributed by atoms with Crippen molar-refractivity contribution in [1.82, 2.24) is 16.0 Å². The third kappa shape index (κ3) is 12.8. The van der Waals surface area contributed by atoms with Crippen LogP contribution in [0.1, 0.15) is 39.7 Å². The van der Waals surface area contributed by atoms with Crippen molar-refractivity contribution in [3.8, 4) is 0 Å². The van der Waals surface area contributed by atoms with Gasteiger partial charge in [0.2, 0.25) is 0 Å². The summed E-state index contributed by atoms with van der Waals surface area (Å²) in [5.74, 6) is 0.802. The smallest absolute Gasteiger partial charge is 0.407 e. The SMILES string of the molecule is CCNC(=NCCCNC(=O)OC(C)(C)C)NCCc1ccccc1.I. The number of aliphatic imine (C=N–C) groups is 1. The lowest BCUT2D eigenvalue weighted by Crippen LogP contribution is -2.38.